The summed E-state index contributed by atoms with van der Waals surface area (Å²) in [5.41, 5.74) is 4.80. The predicted molar refractivity (Wildman–Crippen MR) is 306 cm³/mol. The molecule has 8 aromatic rings. The summed E-state index contributed by atoms with van der Waals surface area (Å²) in [5.74, 6) is -2.41. The molecule has 0 bridgehead atoms. The van der Waals surface area contributed by atoms with E-state index in [1.54, 1.807) is 0 Å². The third kappa shape index (κ3) is 19.7. The molecule has 10 nitrogen and oxygen atoms in total. The first-order valence-corrected chi connectivity index (χ1v) is 27.9. The van der Waals surface area contributed by atoms with Crippen molar-refractivity contribution in [1.29, 1.82) is 0 Å². The fourth-order valence-corrected chi connectivity index (χ4v) is 11.8. The largest absolute Gasteiger partial charge is 2.00 e. The molecule has 0 aromatic carbocycles. The van der Waals surface area contributed by atoms with Gasteiger partial charge in [0.1, 0.15) is 0 Å². The topological polar surface area (TPSA) is 174 Å². The van der Waals surface area contributed by atoms with Crippen LogP contribution in [0.4, 0.5) is 0 Å². The maximum absolute atomic E-state index is 10.8. The van der Waals surface area contributed by atoms with Crippen molar-refractivity contribution in [3.8, 4) is 63.2 Å². The van der Waals surface area contributed by atoms with Crippen LogP contribution in [0.5, 0.6) is 0 Å². The van der Waals surface area contributed by atoms with Gasteiger partial charge in [0.25, 0.3) is 0 Å². The van der Waals surface area contributed by atoms with Gasteiger partial charge in [0.2, 0.25) is 0 Å². The Morgan fingerprint density at radius 3 is 1.23 bits per heavy atom. The molecule has 0 saturated carbocycles. The molecule has 8 aromatic heterocycles. The monoisotopic (exact) mass is 1170 g/mol. The minimum absolute atomic E-state index is 0. The van der Waals surface area contributed by atoms with Crippen LogP contribution < -0.4 is 5.11 Å². The number of aryl methyl sites for hydroxylation is 2. The van der Waals surface area contributed by atoms with E-state index < -0.39 is 11.9 Å². The van der Waals surface area contributed by atoms with Gasteiger partial charge < -0.3 is 25.8 Å². The molecule has 17 heteroatoms. The van der Waals surface area contributed by atoms with Gasteiger partial charge in [-0.15, -0.1) is 45.3 Å². The van der Waals surface area contributed by atoms with Crippen LogP contribution in [0.1, 0.15) is 121 Å². The van der Waals surface area contributed by atoms with Crippen molar-refractivity contribution in [3.05, 3.63) is 154 Å². The number of carboxylic acid groups (broad SMARTS) is 2. The van der Waals surface area contributed by atoms with Crippen LogP contribution in [0, 0.1) is 0 Å². The van der Waals surface area contributed by atoms with Crippen molar-refractivity contribution in [2.45, 2.75) is 104 Å². The Bertz CT molecular complexity index is 2820. The van der Waals surface area contributed by atoms with Crippen molar-refractivity contribution in [2.75, 3.05) is 0 Å². The van der Waals surface area contributed by atoms with Crippen molar-refractivity contribution in [2.24, 2.45) is 0 Å². The molecule has 73 heavy (non-hydrogen) atoms. The summed E-state index contributed by atoms with van der Waals surface area (Å²) in [6, 6.07) is 32.2. The van der Waals surface area contributed by atoms with Gasteiger partial charge in [-0.2, -0.15) is 10.3 Å². The number of thiocarbonyl (C=S) groups is 2. The second-order valence-corrected chi connectivity index (χ2v) is 21.3. The van der Waals surface area contributed by atoms with Crippen LogP contribution in [0.2, 0.25) is 0 Å². The van der Waals surface area contributed by atoms with E-state index in [0.29, 0.717) is 0 Å². The van der Waals surface area contributed by atoms with E-state index in [4.69, 9.17) is 25.9 Å². The van der Waals surface area contributed by atoms with E-state index in [0.717, 1.165) is 11.4 Å². The maximum atomic E-state index is 10.8. The summed E-state index contributed by atoms with van der Waals surface area (Å²) in [7, 11) is 0. The summed E-state index contributed by atoms with van der Waals surface area (Å²) in [6.07, 6.45) is 25.1. The molecule has 0 aliphatic heterocycles. The standard InChI is InChI=1S/C42H48N2S4.C12H8N2O4.2CNS.Ru/c1-3-5-7-9-11-13-15-33-17-19-39(45-33)41-23-21-37(47-41)31-25-27-43-35(29-31)36-30-32(26-28-44-36)38-22-24-42(48-38)40-20-18-34(46-40)16-14-12-10-8-6-4-2;15-11(16)7-1-3-13-9(5-7)10-6-8(12(17)18)2-4-14-10;2*2-1-3;/h17-30H,3-16H2,1-2H3;1-6H,(H,15,16)(H,17,18);;;/q;;2*-1;+2/p-1. The van der Waals surface area contributed by atoms with Gasteiger partial charge in [0, 0.05) is 69.4 Å². The van der Waals surface area contributed by atoms with E-state index in [1.807, 2.05) is 57.7 Å². The van der Waals surface area contributed by atoms with Gasteiger partial charge in [-0.3, -0.25) is 19.9 Å². The number of rotatable bonds is 22. The van der Waals surface area contributed by atoms with Crippen molar-refractivity contribution in [1.82, 2.24) is 19.9 Å². The number of carbonyl (C=O) groups excluding carboxylic acids is 1. The van der Waals surface area contributed by atoms with Crippen LogP contribution in [0.15, 0.2) is 122 Å². The molecule has 378 valence electrons. The van der Waals surface area contributed by atoms with Gasteiger partial charge in [-0.1, -0.05) is 102 Å². The predicted octanol–water partition coefficient (Wildman–Crippen LogP) is 16.4. The number of hydrogen-bond donors (Lipinski definition) is 1. The minimum atomic E-state index is -1.33. The number of aromatic nitrogens is 4. The third-order valence-corrected chi connectivity index (χ3v) is 16.1. The van der Waals surface area contributed by atoms with E-state index in [2.05, 4.69) is 121 Å². The Hall–Kier alpha value is -5.44. The van der Waals surface area contributed by atoms with Crippen molar-refractivity contribution in [3.63, 3.8) is 0 Å². The fourth-order valence-electron chi connectivity index (χ4n) is 7.55. The van der Waals surface area contributed by atoms with E-state index in [-0.39, 0.29) is 42.0 Å². The number of pyridine rings is 4. The molecule has 0 aliphatic rings. The number of aromatic carboxylic acids is 2. The fraction of sp³-hybridized carbons (Fsp3) is 0.286. The number of unbranched alkanes of at least 4 members (excludes halogenated alkanes) is 10. The molecule has 1 N–H and O–H groups in total. The summed E-state index contributed by atoms with van der Waals surface area (Å²) in [5, 5.41) is 36.5. The number of nitrogens with zero attached hydrogens (tertiary/aromatic N) is 6. The summed E-state index contributed by atoms with van der Waals surface area (Å²) < 4.78 is 0. The Kier molecular flexibility index (Phi) is 27.5. The molecule has 8 rings (SSSR count). The molecular formula is C56H55N6O4RuS6-. The molecule has 0 atom stereocenters. The molecule has 0 spiro atoms. The van der Waals surface area contributed by atoms with Gasteiger partial charge in [-0.25, -0.2) is 4.79 Å². The quantitative estimate of drug-likeness (QED) is 0.0298. The van der Waals surface area contributed by atoms with E-state index in [1.165, 1.54) is 187 Å². The van der Waals surface area contributed by atoms with Crippen LogP contribution in [-0.2, 0) is 32.3 Å². The summed E-state index contributed by atoms with van der Waals surface area (Å²) in [6.45, 7) is 4.57. The summed E-state index contributed by atoms with van der Waals surface area (Å²) >= 11 is 15.1. The Morgan fingerprint density at radius 2 is 0.822 bits per heavy atom. The van der Waals surface area contributed by atoms with E-state index in [9.17, 15) is 14.7 Å². The second kappa shape index (κ2) is 33.4. The summed E-state index contributed by atoms with van der Waals surface area (Å²) in [4.78, 5) is 49.9. The first-order chi connectivity index (χ1) is 35.1. The molecule has 0 saturated heterocycles. The van der Waals surface area contributed by atoms with Crippen LogP contribution in [-0.4, -0.2) is 47.3 Å². The molecule has 0 radical (unpaired) electrons. The van der Waals surface area contributed by atoms with Crippen molar-refractivity contribution < 1.29 is 39.3 Å². The first kappa shape index (κ1) is 60.1. The van der Waals surface area contributed by atoms with E-state index >= 15 is 0 Å². The second-order valence-electron chi connectivity index (χ2n) is 16.4. The van der Waals surface area contributed by atoms with Crippen LogP contribution in [0.3, 0.4) is 0 Å². The van der Waals surface area contributed by atoms with Crippen molar-refractivity contribution >= 4 is 92.0 Å². The Labute approximate surface area is 467 Å². The molecule has 8 heterocycles. The van der Waals surface area contributed by atoms with Gasteiger partial charge in [-0.05, 0) is 134 Å². The number of isothiocyanates is 2. The molecule has 0 unspecified atom stereocenters. The average molecular weight is 1170 g/mol. The number of carboxylic acids is 2. The van der Waals surface area contributed by atoms with Crippen LogP contribution in [0.25, 0.3) is 74.0 Å². The number of carbonyl (C=O) groups is 2. The Balaban J connectivity index is 0.000000383. The zero-order valence-electron chi connectivity index (χ0n) is 40.6. The normalized spacial score (nSPS) is 10.2. The zero-order chi connectivity index (χ0) is 51.5. The smallest absolute Gasteiger partial charge is 0.753 e. The van der Waals surface area contributed by atoms with Gasteiger partial charge in [0.15, 0.2) is 0 Å². The molecule has 0 aliphatic carbocycles. The maximum Gasteiger partial charge on any atom is 2.00 e. The number of hydrogen-bond acceptors (Lipinski definition) is 13. The zero-order valence-corrected chi connectivity index (χ0v) is 47.2. The Morgan fingerprint density at radius 1 is 0.493 bits per heavy atom. The third-order valence-electron chi connectivity index (χ3n) is 11.2. The SMILES string of the molecule is CCCCCCCCc1ccc(-c2ccc(-c3ccnc(-c4cc(-c5ccc(-c6ccc(CCCCCCCC)s6)s5)ccn4)c3)s2)s1.O=C([O-])c1ccnc(-c2cc(C(=O)O)ccn2)c1.[N-]=C=S.[N-]=C=S.[Ru+2]. The van der Waals surface area contributed by atoms with Gasteiger partial charge in [0.05, 0.1) is 34.3 Å². The molecule has 0 fully saturated rings. The minimum Gasteiger partial charge on any atom is -0.753 e. The molecule has 0 amide bonds. The average Bonchev–Trinajstić information content (AvgIpc) is 4.26. The first-order valence-electron chi connectivity index (χ1n) is 23.8. The van der Waals surface area contributed by atoms with Crippen LogP contribution >= 0.6 is 69.8 Å². The molecular weight excluding hydrogens is 1110 g/mol. The van der Waals surface area contributed by atoms with Gasteiger partial charge >= 0.3 is 25.4 Å². The number of thiophene rings is 4.